The molecule has 1 aliphatic rings. The van der Waals surface area contributed by atoms with Crippen LogP contribution in [0.5, 0.6) is 0 Å². The van der Waals surface area contributed by atoms with E-state index in [0.29, 0.717) is 23.4 Å². The number of anilines is 1. The maximum absolute atomic E-state index is 11.9. The Hall–Kier alpha value is -1.51. The molecule has 6 nitrogen and oxygen atoms in total. The first-order valence-corrected chi connectivity index (χ1v) is 8.88. The Kier molecular flexibility index (Phi) is 4.70. The number of carbonyl (C=O) groups is 1. The summed E-state index contributed by atoms with van der Waals surface area (Å²) in [5.41, 5.74) is 1.14. The lowest BCUT2D eigenvalue weighted by Crippen LogP contribution is -2.32. The Morgan fingerprint density at radius 3 is 3.05 bits per heavy atom. The van der Waals surface area contributed by atoms with Crippen LogP contribution in [0.2, 0.25) is 0 Å². The first kappa shape index (κ1) is 15.4. The molecule has 2 heterocycles. The molecule has 0 aliphatic heterocycles. The van der Waals surface area contributed by atoms with Gasteiger partial charge in [0.05, 0.1) is 11.0 Å². The fourth-order valence-electron chi connectivity index (χ4n) is 2.58. The number of nitrogens with one attached hydrogen (secondary N) is 2. The summed E-state index contributed by atoms with van der Waals surface area (Å²) in [6.07, 6.45) is 2.34. The maximum atomic E-state index is 11.9. The molecule has 2 atom stereocenters. The van der Waals surface area contributed by atoms with E-state index >= 15 is 0 Å². The molecule has 0 radical (unpaired) electrons. The lowest BCUT2D eigenvalue weighted by atomic mass is 10.1. The van der Waals surface area contributed by atoms with Crippen molar-refractivity contribution < 1.29 is 9.90 Å². The maximum Gasteiger partial charge on any atom is 0.321 e. The third-order valence-electron chi connectivity index (χ3n) is 3.78. The van der Waals surface area contributed by atoms with Crippen molar-refractivity contribution in [3.05, 3.63) is 17.0 Å². The molecule has 118 valence electrons. The molecule has 1 saturated carbocycles. The molecule has 2 aromatic rings. The fourth-order valence-corrected chi connectivity index (χ4v) is 4.07. The summed E-state index contributed by atoms with van der Waals surface area (Å²) in [5, 5.41) is 17.5. The smallest absolute Gasteiger partial charge is 0.321 e. The minimum Gasteiger partial charge on any atom is -0.393 e. The Morgan fingerprint density at radius 1 is 1.50 bits per heavy atom. The molecular weight excluding hydrogens is 320 g/mol. The third-order valence-corrected chi connectivity index (χ3v) is 5.42. The second-order valence-corrected chi connectivity index (χ2v) is 7.19. The van der Waals surface area contributed by atoms with Crippen LogP contribution in [0.15, 0.2) is 11.4 Å². The minimum absolute atomic E-state index is 0.213. The van der Waals surface area contributed by atoms with Gasteiger partial charge in [-0.2, -0.15) is 9.36 Å². The number of aliphatic hydroxyl groups is 1. The van der Waals surface area contributed by atoms with Crippen molar-refractivity contribution >= 4 is 34.0 Å². The number of hydrogen-bond donors (Lipinski definition) is 3. The van der Waals surface area contributed by atoms with Gasteiger partial charge in [0, 0.05) is 18.1 Å². The van der Waals surface area contributed by atoms with E-state index in [9.17, 15) is 9.90 Å². The summed E-state index contributed by atoms with van der Waals surface area (Å²) in [7, 11) is 0. The molecule has 0 spiro atoms. The summed E-state index contributed by atoms with van der Waals surface area (Å²) >= 11 is 2.77. The van der Waals surface area contributed by atoms with Gasteiger partial charge >= 0.3 is 6.03 Å². The summed E-state index contributed by atoms with van der Waals surface area (Å²) in [5.74, 6) is 1.02. The van der Waals surface area contributed by atoms with Gasteiger partial charge in [0.25, 0.3) is 0 Å². The first-order chi connectivity index (χ1) is 10.6. The largest absolute Gasteiger partial charge is 0.393 e. The van der Waals surface area contributed by atoms with Crippen LogP contribution in [0.1, 0.15) is 24.8 Å². The lowest BCUT2D eigenvalue weighted by Gasteiger charge is -2.10. The number of aryl methyl sites for hydroxylation is 1. The van der Waals surface area contributed by atoms with E-state index in [1.165, 1.54) is 11.5 Å². The average Bonchev–Trinajstić information content (AvgIpc) is 3.18. The highest BCUT2D eigenvalue weighted by atomic mass is 32.1. The predicted octanol–water partition coefficient (Wildman–Crippen LogP) is 2.86. The number of aromatic nitrogens is 2. The quantitative estimate of drug-likeness (QED) is 0.800. The molecular formula is C14H18N4O2S2. The highest BCUT2D eigenvalue weighted by molar-refractivity contribution is 7.14. The number of rotatable bonds is 4. The van der Waals surface area contributed by atoms with Gasteiger partial charge in [-0.15, -0.1) is 11.3 Å². The first-order valence-electron chi connectivity index (χ1n) is 7.23. The average molecular weight is 338 g/mol. The van der Waals surface area contributed by atoms with Gasteiger partial charge in [0.15, 0.2) is 5.82 Å². The number of aliphatic hydroxyl groups excluding tert-OH is 1. The second kappa shape index (κ2) is 6.72. The Labute approximate surface area is 136 Å². The molecule has 2 amide bonds. The van der Waals surface area contributed by atoms with Crippen LogP contribution < -0.4 is 10.6 Å². The van der Waals surface area contributed by atoms with Gasteiger partial charge < -0.3 is 10.4 Å². The molecule has 2 aromatic heterocycles. The van der Waals surface area contributed by atoms with Crippen molar-refractivity contribution in [2.24, 2.45) is 5.92 Å². The summed E-state index contributed by atoms with van der Waals surface area (Å²) in [4.78, 5) is 17.3. The number of thiophene rings is 1. The fraction of sp³-hybridized carbons (Fsp3) is 0.500. The van der Waals surface area contributed by atoms with E-state index in [4.69, 9.17) is 0 Å². The highest BCUT2D eigenvalue weighted by Gasteiger charge is 2.23. The molecule has 8 heteroatoms. The van der Waals surface area contributed by atoms with Crippen molar-refractivity contribution in [2.45, 2.75) is 32.3 Å². The Bertz CT molecular complexity index is 655. The summed E-state index contributed by atoms with van der Waals surface area (Å²) in [6.45, 7) is 2.60. The zero-order valence-corrected chi connectivity index (χ0v) is 13.8. The molecule has 0 aromatic carbocycles. The van der Waals surface area contributed by atoms with Gasteiger partial charge in [-0.1, -0.05) is 0 Å². The van der Waals surface area contributed by atoms with Crippen LogP contribution in [0.3, 0.4) is 0 Å². The molecule has 0 unspecified atom stereocenters. The van der Waals surface area contributed by atoms with Crippen LogP contribution in [-0.4, -0.2) is 33.1 Å². The van der Waals surface area contributed by atoms with Gasteiger partial charge in [-0.3, -0.25) is 5.32 Å². The van der Waals surface area contributed by atoms with Crippen LogP contribution >= 0.6 is 22.9 Å². The molecule has 0 saturated heterocycles. The SMILES string of the molecule is Cc1ccsc1-c1nsc(NC(=O)NC[C@H]2CC[C@H](O)C2)n1. The van der Waals surface area contributed by atoms with Crippen molar-refractivity contribution in [1.29, 1.82) is 0 Å². The van der Waals surface area contributed by atoms with Crippen molar-refractivity contribution in [3.8, 4) is 10.7 Å². The number of urea groups is 1. The molecule has 22 heavy (non-hydrogen) atoms. The van der Waals surface area contributed by atoms with Crippen LogP contribution in [0.4, 0.5) is 9.93 Å². The topological polar surface area (TPSA) is 87.1 Å². The summed E-state index contributed by atoms with van der Waals surface area (Å²) < 4.78 is 4.29. The zero-order valence-electron chi connectivity index (χ0n) is 12.2. The van der Waals surface area contributed by atoms with E-state index in [2.05, 4.69) is 20.0 Å². The monoisotopic (exact) mass is 338 g/mol. The van der Waals surface area contributed by atoms with E-state index < -0.39 is 0 Å². The second-order valence-electron chi connectivity index (χ2n) is 5.52. The molecule has 3 rings (SSSR count). The van der Waals surface area contributed by atoms with Crippen molar-refractivity contribution in [1.82, 2.24) is 14.7 Å². The van der Waals surface area contributed by atoms with E-state index in [-0.39, 0.29) is 12.1 Å². The van der Waals surface area contributed by atoms with Gasteiger partial charge in [-0.25, -0.2) is 4.79 Å². The van der Waals surface area contributed by atoms with Crippen LogP contribution in [0, 0.1) is 12.8 Å². The minimum atomic E-state index is -0.271. The Morgan fingerprint density at radius 2 is 2.36 bits per heavy atom. The highest BCUT2D eigenvalue weighted by Crippen LogP contribution is 2.29. The van der Waals surface area contributed by atoms with E-state index in [1.807, 2.05) is 18.4 Å². The predicted molar refractivity (Wildman–Crippen MR) is 88.3 cm³/mol. The van der Waals surface area contributed by atoms with Gasteiger partial charge in [-0.05, 0) is 49.1 Å². The van der Waals surface area contributed by atoms with Gasteiger partial charge in [0.2, 0.25) is 5.13 Å². The molecule has 0 bridgehead atoms. The number of nitrogens with zero attached hydrogens (tertiary/aromatic N) is 2. The molecule has 3 N–H and O–H groups in total. The van der Waals surface area contributed by atoms with E-state index in [1.54, 1.807) is 11.3 Å². The normalized spacial score (nSPS) is 21.0. The van der Waals surface area contributed by atoms with Gasteiger partial charge in [0.1, 0.15) is 0 Å². The Balaban J connectivity index is 1.52. The summed E-state index contributed by atoms with van der Waals surface area (Å²) in [6, 6.07) is 1.75. The van der Waals surface area contributed by atoms with Crippen molar-refractivity contribution in [2.75, 3.05) is 11.9 Å². The third kappa shape index (κ3) is 3.63. The molecule has 1 aliphatic carbocycles. The zero-order chi connectivity index (χ0) is 15.5. The number of hydrogen-bond acceptors (Lipinski definition) is 6. The number of amides is 2. The lowest BCUT2D eigenvalue weighted by molar-refractivity contribution is 0.177. The van der Waals surface area contributed by atoms with Crippen LogP contribution in [-0.2, 0) is 0 Å². The standard InChI is InChI=1S/C14H18N4O2S2/c1-8-4-5-21-11(8)12-16-14(22-18-12)17-13(20)15-7-9-2-3-10(19)6-9/h4-5,9-10,19H,2-3,6-7H2,1H3,(H2,15,16,17,18,20)/t9-,10-/m0/s1. The van der Waals surface area contributed by atoms with Crippen molar-refractivity contribution in [3.63, 3.8) is 0 Å². The number of carbonyl (C=O) groups excluding carboxylic acids is 1. The van der Waals surface area contributed by atoms with Crippen LogP contribution in [0.25, 0.3) is 10.7 Å². The van der Waals surface area contributed by atoms with E-state index in [0.717, 1.165) is 29.7 Å². The molecule has 1 fully saturated rings.